The standard InChI is InChI=1S/C22H17ClN6O11S4/c1-3-37-39-42-11-4-5-13(15(8-11)36-2)28-29-18-16(43-40-38-31)7-10-6-12(44(33,34)35)9-14(17(10)19(18)30)24-21-25-20(23)26-22(27-21)41-32/h3-9,30-32H,1H2,2H3,(H,33,34,35)(H,24,25,26,27). The van der Waals surface area contributed by atoms with E-state index in [1.807, 2.05) is 0 Å². The second kappa shape index (κ2) is 15.0. The van der Waals surface area contributed by atoms with Crippen LogP contribution in [0.5, 0.6) is 11.5 Å². The topological polar surface area (TPSA) is 237 Å². The van der Waals surface area contributed by atoms with E-state index in [-0.39, 0.29) is 66.9 Å². The van der Waals surface area contributed by atoms with Gasteiger partial charge in [-0.15, -0.1) is 18.9 Å². The largest absolute Gasteiger partial charge is 0.505 e. The fraction of sp³-hybridized carbons (Fsp3) is 0.0455. The lowest BCUT2D eigenvalue weighted by molar-refractivity contribution is -0.432. The first kappa shape index (κ1) is 33.4. The number of halogens is 1. The van der Waals surface area contributed by atoms with Crippen molar-refractivity contribution in [3.8, 4) is 11.5 Å². The molecule has 5 N–H and O–H groups in total. The van der Waals surface area contributed by atoms with Crippen LogP contribution in [0.25, 0.3) is 10.8 Å². The average molecular weight is 705 g/mol. The molecule has 0 aliphatic carbocycles. The number of hydrogen-bond acceptors (Lipinski definition) is 19. The van der Waals surface area contributed by atoms with Gasteiger partial charge in [-0.05, 0) is 53.4 Å². The molecule has 0 amide bonds. The molecule has 1 heterocycles. The molecule has 1 aromatic heterocycles. The van der Waals surface area contributed by atoms with E-state index in [9.17, 15) is 22.6 Å². The Morgan fingerprint density at radius 3 is 2.57 bits per heavy atom. The predicted octanol–water partition coefficient (Wildman–Crippen LogP) is 6.89. The third-order valence-electron chi connectivity index (χ3n) is 5.14. The number of phenols is 1. The van der Waals surface area contributed by atoms with E-state index in [1.165, 1.54) is 19.2 Å². The Balaban J connectivity index is 1.89. The number of anilines is 2. The first-order valence-electron chi connectivity index (χ1n) is 11.2. The Bertz CT molecular complexity index is 1830. The monoisotopic (exact) mass is 704 g/mol. The van der Waals surface area contributed by atoms with Crippen LogP contribution >= 0.6 is 47.7 Å². The van der Waals surface area contributed by atoms with Crippen molar-refractivity contribution in [3.05, 3.63) is 54.5 Å². The van der Waals surface area contributed by atoms with Crippen LogP contribution in [-0.4, -0.2) is 49.9 Å². The zero-order valence-corrected chi connectivity index (χ0v) is 25.7. The number of methoxy groups -OCH3 is 1. The van der Waals surface area contributed by atoms with E-state index >= 15 is 0 Å². The van der Waals surface area contributed by atoms with Crippen molar-refractivity contribution in [1.82, 2.24) is 15.0 Å². The molecular weight excluding hydrogens is 688 g/mol. The minimum atomic E-state index is -4.77. The van der Waals surface area contributed by atoms with E-state index in [2.05, 4.69) is 51.3 Å². The number of hydrogen-bond donors (Lipinski definition) is 5. The van der Waals surface area contributed by atoms with Gasteiger partial charge in [-0.3, -0.25) is 4.55 Å². The second-order valence-electron chi connectivity index (χ2n) is 7.72. The fourth-order valence-corrected chi connectivity index (χ4v) is 5.41. The predicted molar refractivity (Wildman–Crippen MR) is 158 cm³/mol. The molecule has 232 valence electrons. The van der Waals surface area contributed by atoms with Crippen molar-refractivity contribution in [3.63, 3.8) is 0 Å². The Labute approximate surface area is 265 Å². The molecule has 0 unspecified atom stereocenters. The second-order valence-corrected chi connectivity index (χ2v) is 11.5. The van der Waals surface area contributed by atoms with Crippen LogP contribution in [0.2, 0.25) is 5.28 Å². The van der Waals surface area contributed by atoms with E-state index in [0.717, 1.165) is 30.4 Å². The van der Waals surface area contributed by atoms with Crippen LogP contribution in [0, 0.1) is 0 Å². The van der Waals surface area contributed by atoms with Crippen molar-refractivity contribution in [1.29, 1.82) is 0 Å². The number of nitrogens with one attached hydrogen (secondary N) is 1. The quantitative estimate of drug-likeness (QED) is 0.0171. The van der Waals surface area contributed by atoms with E-state index in [0.29, 0.717) is 16.9 Å². The van der Waals surface area contributed by atoms with Gasteiger partial charge in [0.05, 0.1) is 58.7 Å². The number of rotatable bonds is 14. The summed E-state index contributed by atoms with van der Waals surface area (Å²) < 4.78 is 58.0. The van der Waals surface area contributed by atoms with Crippen molar-refractivity contribution < 1.29 is 51.2 Å². The zero-order valence-electron chi connectivity index (χ0n) is 21.6. The van der Waals surface area contributed by atoms with Gasteiger partial charge in [0, 0.05) is 10.3 Å². The maximum absolute atomic E-state index is 12.1. The van der Waals surface area contributed by atoms with Crippen LogP contribution in [0.3, 0.4) is 0 Å². The van der Waals surface area contributed by atoms with E-state index < -0.39 is 20.8 Å². The molecule has 0 atom stereocenters. The summed E-state index contributed by atoms with van der Waals surface area (Å²) in [6, 6.07) is 8.06. The van der Waals surface area contributed by atoms with Crippen LogP contribution in [0.1, 0.15) is 0 Å². The lowest BCUT2D eigenvalue weighted by atomic mass is 10.1. The number of azo groups is 1. The SMILES string of the molecule is C=COOSc1ccc(N=Nc2c(SOOO)cc3cc(S(=O)(=O)O)cc(Nc4nc(Cl)nc(SO)n4)c3c2O)c(OC)c1. The minimum Gasteiger partial charge on any atom is -0.505 e. The van der Waals surface area contributed by atoms with E-state index in [1.54, 1.807) is 12.1 Å². The molecule has 0 bridgehead atoms. The van der Waals surface area contributed by atoms with E-state index in [4.69, 9.17) is 25.9 Å². The molecule has 4 aromatic rings. The molecule has 4 rings (SSSR count). The molecule has 22 heteroatoms. The molecule has 0 spiro atoms. The molecule has 17 nitrogen and oxygen atoms in total. The normalized spacial score (nSPS) is 11.7. The van der Waals surface area contributed by atoms with Crippen molar-refractivity contribution in [2.75, 3.05) is 12.4 Å². The third kappa shape index (κ3) is 8.16. The van der Waals surface area contributed by atoms with Crippen molar-refractivity contribution >= 4 is 91.6 Å². The number of nitrogens with zero attached hydrogens (tertiary/aromatic N) is 5. The summed E-state index contributed by atoms with van der Waals surface area (Å²) in [7, 11) is -3.38. The van der Waals surface area contributed by atoms with Crippen molar-refractivity contribution in [2.45, 2.75) is 19.8 Å². The minimum absolute atomic E-state index is 0.0190. The van der Waals surface area contributed by atoms with Gasteiger partial charge in [0.25, 0.3) is 10.1 Å². The summed E-state index contributed by atoms with van der Waals surface area (Å²) in [5.41, 5.74) is -0.160. The molecule has 44 heavy (non-hydrogen) atoms. The fourth-order valence-electron chi connectivity index (χ4n) is 3.45. The number of ether oxygens (including phenoxy) is 1. The molecular formula is C22H17ClN6O11S4. The number of phenolic OH excluding ortho intramolecular Hbond substituents is 1. The molecule has 0 aliphatic rings. The Morgan fingerprint density at radius 1 is 1.09 bits per heavy atom. The summed E-state index contributed by atoms with van der Waals surface area (Å²) in [6.45, 7) is 3.37. The number of aromatic hydroxyl groups is 1. The molecule has 0 saturated carbocycles. The molecule has 0 saturated heterocycles. The molecule has 0 aliphatic heterocycles. The lowest BCUT2D eigenvalue weighted by Crippen LogP contribution is -2.04. The maximum atomic E-state index is 12.1. The first-order chi connectivity index (χ1) is 21.1. The Hall–Kier alpha value is -3.48. The van der Waals surface area contributed by atoms with Crippen molar-refractivity contribution in [2.24, 2.45) is 10.2 Å². The van der Waals surface area contributed by atoms with Gasteiger partial charge in [0.1, 0.15) is 23.4 Å². The number of aromatic nitrogens is 3. The van der Waals surface area contributed by atoms with Gasteiger partial charge in [0.15, 0.2) is 5.75 Å². The molecule has 3 aromatic carbocycles. The molecule has 0 fully saturated rings. The number of benzene rings is 3. The first-order valence-corrected chi connectivity index (χ1v) is 15.3. The van der Waals surface area contributed by atoms with Crippen LogP contribution in [-0.2, 0) is 28.7 Å². The van der Waals surface area contributed by atoms with Gasteiger partial charge in [-0.25, -0.2) is 5.26 Å². The van der Waals surface area contributed by atoms with Crippen LogP contribution < -0.4 is 10.1 Å². The summed E-state index contributed by atoms with van der Waals surface area (Å²) in [6.07, 6.45) is 1.10. The third-order valence-corrected chi connectivity index (χ3v) is 7.70. The highest BCUT2D eigenvalue weighted by atomic mass is 35.5. The summed E-state index contributed by atoms with van der Waals surface area (Å²) in [5.74, 6) is -0.564. The van der Waals surface area contributed by atoms with Crippen LogP contribution in [0.15, 0.2) is 79.3 Å². The Kier molecular flexibility index (Phi) is 11.4. The lowest BCUT2D eigenvalue weighted by Gasteiger charge is -2.15. The highest BCUT2D eigenvalue weighted by Gasteiger charge is 2.22. The maximum Gasteiger partial charge on any atom is 0.294 e. The zero-order chi connectivity index (χ0) is 31.9. The Morgan fingerprint density at radius 2 is 1.89 bits per heavy atom. The summed E-state index contributed by atoms with van der Waals surface area (Å²) >= 11 is 7.33. The van der Waals surface area contributed by atoms with Gasteiger partial charge in [-0.1, -0.05) is 11.6 Å². The number of fused-ring (bicyclic) bond motifs is 1. The average Bonchev–Trinajstić information content (AvgIpc) is 2.99. The summed E-state index contributed by atoms with van der Waals surface area (Å²) in [5, 5.41) is 34.3. The van der Waals surface area contributed by atoms with Gasteiger partial charge in [0.2, 0.25) is 16.4 Å². The molecule has 0 radical (unpaired) electrons. The highest BCUT2D eigenvalue weighted by molar-refractivity contribution is 7.95. The highest BCUT2D eigenvalue weighted by Crippen LogP contribution is 2.48. The van der Waals surface area contributed by atoms with Gasteiger partial charge < -0.3 is 24.6 Å². The smallest absolute Gasteiger partial charge is 0.294 e. The summed E-state index contributed by atoms with van der Waals surface area (Å²) in [4.78, 5) is 16.1. The van der Waals surface area contributed by atoms with Gasteiger partial charge >= 0.3 is 0 Å². The van der Waals surface area contributed by atoms with Gasteiger partial charge in [-0.2, -0.15) is 23.4 Å². The van der Waals surface area contributed by atoms with Crippen LogP contribution in [0.4, 0.5) is 23.0 Å².